The Kier molecular flexibility index (Phi) is 4.81. The first kappa shape index (κ1) is 13.8. The van der Waals surface area contributed by atoms with Crippen LogP contribution in [0, 0.1) is 5.82 Å². The first-order valence-electron chi connectivity index (χ1n) is 5.39. The van der Waals surface area contributed by atoms with Crippen LogP contribution in [0.2, 0.25) is 0 Å². The van der Waals surface area contributed by atoms with Crippen LogP contribution in [0.25, 0.3) is 0 Å². The predicted octanol–water partition coefficient (Wildman–Crippen LogP) is 2.36. The molecule has 0 saturated carbocycles. The van der Waals surface area contributed by atoms with Crippen LogP contribution in [0.4, 0.5) is 4.39 Å². The number of unbranched alkanes of at least 4 members (excludes halogenated alkanes) is 1. The van der Waals surface area contributed by atoms with Crippen LogP contribution < -0.4 is 0 Å². The number of halogens is 1. The van der Waals surface area contributed by atoms with Gasteiger partial charge in [0, 0.05) is 6.42 Å². The van der Waals surface area contributed by atoms with Crippen molar-refractivity contribution in [2.75, 3.05) is 5.75 Å². The molecule has 0 bridgehead atoms. The molecule has 0 aliphatic heterocycles. The molecular formula is C12H15FO3S. The molecule has 1 aromatic carbocycles. The third-order valence-corrected chi connectivity index (χ3v) is 4.15. The van der Waals surface area contributed by atoms with Crippen molar-refractivity contribution in [3.8, 4) is 0 Å². The van der Waals surface area contributed by atoms with Crippen LogP contribution in [0.5, 0.6) is 0 Å². The summed E-state index contributed by atoms with van der Waals surface area (Å²) >= 11 is 0. The van der Waals surface area contributed by atoms with Gasteiger partial charge >= 0.3 is 0 Å². The van der Waals surface area contributed by atoms with Crippen molar-refractivity contribution in [3.05, 3.63) is 30.1 Å². The van der Waals surface area contributed by atoms with E-state index in [9.17, 15) is 17.6 Å². The van der Waals surface area contributed by atoms with Crippen molar-refractivity contribution in [3.63, 3.8) is 0 Å². The predicted molar refractivity (Wildman–Crippen MR) is 63.0 cm³/mol. The Morgan fingerprint density at radius 3 is 2.59 bits per heavy atom. The van der Waals surface area contributed by atoms with Crippen LogP contribution in [-0.2, 0) is 14.6 Å². The molecule has 0 saturated heterocycles. The summed E-state index contributed by atoms with van der Waals surface area (Å²) in [7, 11) is -3.43. The minimum Gasteiger partial charge on any atom is -0.300 e. The van der Waals surface area contributed by atoms with Gasteiger partial charge in [-0.2, -0.15) is 0 Å². The lowest BCUT2D eigenvalue weighted by Crippen LogP contribution is -2.07. The third-order valence-electron chi connectivity index (χ3n) is 2.35. The van der Waals surface area contributed by atoms with Crippen molar-refractivity contribution >= 4 is 15.6 Å². The summed E-state index contributed by atoms with van der Waals surface area (Å²) < 4.78 is 36.4. The van der Waals surface area contributed by atoms with E-state index in [0.717, 1.165) is 6.07 Å². The normalized spacial score (nSPS) is 11.4. The Bertz CT molecular complexity index is 494. The van der Waals surface area contributed by atoms with Crippen LogP contribution in [0.15, 0.2) is 29.2 Å². The van der Waals surface area contributed by atoms with Crippen LogP contribution in [0.3, 0.4) is 0 Å². The Morgan fingerprint density at radius 2 is 2.00 bits per heavy atom. The van der Waals surface area contributed by atoms with Crippen molar-refractivity contribution < 1.29 is 17.6 Å². The SMILES string of the molecule is CC(=O)CCCCS(=O)(=O)c1cccc(F)c1. The molecule has 94 valence electrons. The molecular weight excluding hydrogens is 243 g/mol. The number of ketones is 1. The molecule has 0 aliphatic carbocycles. The van der Waals surface area contributed by atoms with E-state index in [-0.39, 0.29) is 16.4 Å². The molecule has 0 heterocycles. The van der Waals surface area contributed by atoms with Gasteiger partial charge in [0.05, 0.1) is 10.6 Å². The summed E-state index contributed by atoms with van der Waals surface area (Å²) in [5.74, 6) is -0.563. The Labute approximate surface area is 101 Å². The fourth-order valence-electron chi connectivity index (χ4n) is 1.44. The zero-order valence-electron chi connectivity index (χ0n) is 9.65. The van der Waals surface area contributed by atoms with Gasteiger partial charge in [0.15, 0.2) is 9.84 Å². The summed E-state index contributed by atoms with van der Waals surface area (Å²) in [6.07, 6.45) is 1.35. The standard InChI is InChI=1S/C12H15FO3S/c1-10(14)5-2-3-8-17(15,16)12-7-4-6-11(13)9-12/h4,6-7,9H,2-3,5,8H2,1H3. The first-order chi connectivity index (χ1) is 7.92. The summed E-state index contributed by atoms with van der Waals surface area (Å²) in [5, 5.41) is 0. The molecule has 3 nitrogen and oxygen atoms in total. The van der Waals surface area contributed by atoms with Crippen molar-refractivity contribution in [2.24, 2.45) is 0 Å². The van der Waals surface area contributed by atoms with E-state index in [2.05, 4.69) is 0 Å². The number of sulfone groups is 1. The molecule has 0 N–H and O–H groups in total. The number of Topliss-reactive ketones (excluding diaryl/α,β-unsaturated/α-hetero) is 1. The highest BCUT2D eigenvalue weighted by Gasteiger charge is 2.14. The molecule has 0 unspecified atom stereocenters. The van der Waals surface area contributed by atoms with E-state index < -0.39 is 15.7 Å². The third kappa shape index (κ3) is 4.65. The largest absolute Gasteiger partial charge is 0.300 e. The molecule has 0 amide bonds. The molecule has 0 aromatic heterocycles. The zero-order valence-corrected chi connectivity index (χ0v) is 10.5. The molecule has 0 atom stereocenters. The maximum absolute atomic E-state index is 12.9. The zero-order chi connectivity index (χ0) is 12.9. The second kappa shape index (κ2) is 5.91. The maximum atomic E-state index is 12.9. The second-order valence-corrected chi connectivity index (χ2v) is 6.04. The van der Waals surface area contributed by atoms with Gasteiger partial charge in [-0.05, 0) is 38.0 Å². The summed E-state index contributed by atoms with van der Waals surface area (Å²) in [6.45, 7) is 1.47. The lowest BCUT2D eigenvalue weighted by atomic mass is 10.2. The lowest BCUT2D eigenvalue weighted by molar-refractivity contribution is -0.117. The van der Waals surface area contributed by atoms with Gasteiger partial charge in [0.25, 0.3) is 0 Å². The van der Waals surface area contributed by atoms with E-state index in [1.807, 2.05) is 0 Å². The number of benzene rings is 1. The van der Waals surface area contributed by atoms with E-state index >= 15 is 0 Å². The van der Waals surface area contributed by atoms with E-state index in [1.54, 1.807) is 0 Å². The molecule has 0 fully saturated rings. The number of carbonyl (C=O) groups excluding carboxylic acids is 1. The van der Waals surface area contributed by atoms with E-state index in [0.29, 0.717) is 19.3 Å². The number of carbonyl (C=O) groups is 1. The monoisotopic (exact) mass is 258 g/mol. The van der Waals surface area contributed by atoms with Gasteiger partial charge in [0.2, 0.25) is 0 Å². The van der Waals surface area contributed by atoms with Gasteiger partial charge in [-0.15, -0.1) is 0 Å². The van der Waals surface area contributed by atoms with Gasteiger partial charge in [-0.25, -0.2) is 12.8 Å². The summed E-state index contributed by atoms with van der Waals surface area (Å²) in [6, 6.07) is 4.97. The Hall–Kier alpha value is -1.23. The molecule has 0 aliphatic rings. The van der Waals surface area contributed by atoms with Crippen LogP contribution in [0.1, 0.15) is 26.2 Å². The topological polar surface area (TPSA) is 51.2 Å². The lowest BCUT2D eigenvalue weighted by Gasteiger charge is -2.03. The molecule has 5 heteroatoms. The van der Waals surface area contributed by atoms with Crippen LogP contribution in [-0.4, -0.2) is 20.0 Å². The summed E-state index contributed by atoms with van der Waals surface area (Å²) in [4.78, 5) is 10.7. The average Bonchev–Trinajstić information content (AvgIpc) is 2.24. The maximum Gasteiger partial charge on any atom is 0.178 e. The fourth-order valence-corrected chi connectivity index (χ4v) is 2.84. The molecule has 1 aromatic rings. The molecule has 17 heavy (non-hydrogen) atoms. The quantitative estimate of drug-likeness (QED) is 0.736. The molecule has 0 radical (unpaired) electrons. The fraction of sp³-hybridized carbons (Fsp3) is 0.417. The number of hydrogen-bond donors (Lipinski definition) is 0. The van der Waals surface area contributed by atoms with Gasteiger partial charge in [-0.3, -0.25) is 0 Å². The van der Waals surface area contributed by atoms with E-state index in [1.165, 1.54) is 25.1 Å². The first-order valence-corrected chi connectivity index (χ1v) is 7.05. The van der Waals surface area contributed by atoms with Crippen molar-refractivity contribution in [2.45, 2.75) is 31.1 Å². The Balaban J connectivity index is 2.60. The smallest absolute Gasteiger partial charge is 0.178 e. The number of hydrogen-bond acceptors (Lipinski definition) is 3. The van der Waals surface area contributed by atoms with Crippen molar-refractivity contribution in [1.82, 2.24) is 0 Å². The summed E-state index contributed by atoms with van der Waals surface area (Å²) in [5.41, 5.74) is 0. The van der Waals surface area contributed by atoms with E-state index in [4.69, 9.17) is 0 Å². The minimum absolute atomic E-state index is 0.000301. The highest BCUT2D eigenvalue weighted by Crippen LogP contribution is 2.14. The van der Waals surface area contributed by atoms with Gasteiger partial charge < -0.3 is 4.79 Å². The van der Waals surface area contributed by atoms with Gasteiger partial charge in [-0.1, -0.05) is 6.07 Å². The van der Waals surface area contributed by atoms with Gasteiger partial charge in [0.1, 0.15) is 11.6 Å². The highest BCUT2D eigenvalue weighted by molar-refractivity contribution is 7.91. The minimum atomic E-state index is -3.43. The Morgan fingerprint density at radius 1 is 1.29 bits per heavy atom. The number of rotatable bonds is 6. The highest BCUT2D eigenvalue weighted by atomic mass is 32.2. The molecule has 1 rings (SSSR count). The second-order valence-electron chi connectivity index (χ2n) is 3.94. The molecule has 0 spiro atoms. The van der Waals surface area contributed by atoms with Crippen molar-refractivity contribution in [1.29, 1.82) is 0 Å². The van der Waals surface area contributed by atoms with Crippen LogP contribution >= 0.6 is 0 Å². The average molecular weight is 258 g/mol.